The van der Waals surface area contributed by atoms with Crippen LogP contribution >= 0.6 is 0 Å². The Morgan fingerprint density at radius 1 is 1.88 bits per heavy atom. The quantitative estimate of drug-likeness (QED) is 0.512. The molecule has 0 aromatic carbocycles. The van der Waals surface area contributed by atoms with Gasteiger partial charge in [0.05, 0.1) is 0 Å². The minimum atomic E-state index is -0.880. The molecule has 0 saturated heterocycles. The van der Waals surface area contributed by atoms with Gasteiger partial charge in [0.1, 0.15) is 6.10 Å². The molecule has 0 rings (SSSR count). The van der Waals surface area contributed by atoms with E-state index in [4.69, 9.17) is 5.11 Å². The summed E-state index contributed by atoms with van der Waals surface area (Å²) in [6, 6.07) is 0. The largest absolute Gasteiger partial charge is 0.384 e. The Labute approximate surface area is 48.7 Å². The van der Waals surface area contributed by atoms with E-state index in [2.05, 4.69) is 5.32 Å². The molecule has 8 heavy (non-hydrogen) atoms. The molecule has 0 heterocycles. The van der Waals surface area contributed by atoms with Crippen LogP contribution < -0.4 is 5.32 Å². The molecule has 0 fully saturated rings. The molecular formula is C5H11NO2. The van der Waals surface area contributed by atoms with Gasteiger partial charge in [-0.15, -0.1) is 0 Å². The molecule has 1 atom stereocenters. The van der Waals surface area contributed by atoms with Crippen molar-refractivity contribution in [2.45, 2.75) is 20.0 Å². The van der Waals surface area contributed by atoms with Crippen LogP contribution in [0.1, 0.15) is 13.8 Å². The molecule has 0 aliphatic rings. The fourth-order valence-corrected chi connectivity index (χ4v) is 0.322. The predicted molar refractivity (Wildman–Crippen MR) is 30.4 cm³/mol. The van der Waals surface area contributed by atoms with Gasteiger partial charge in [0.2, 0.25) is 5.91 Å². The standard InChI is InChI=1S/C5H11NO2/c1-3-6-5(8)4(2)7/h4,7H,3H2,1-2H3,(H,6,8). The van der Waals surface area contributed by atoms with Crippen molar-refractivity contribution < 1.29 is 9.90 Å². The second-order valence-electron chi connectivity index (χ2n) is 1.57. The molecule has 1 unspecified atom stereocenters. The average molecular weight is 117 g/mol. The van der Waals surface area contributed by atoms with Crippen molar-refractivity contribution >= 4 is 5.91 Å². The van der Waals surface area contributed by atoms with Crippen LogP contribution in [0.5, 0.6) is 0 Å². The van der Waals surface area contributed by atoms with Crippen LogP contribution in [0.3, 0.4) is 0 Å². The maximum atomic E-state index is 10.4. The van der Waals surface area contributed by atoms with Gasteiger partial charge in [0.25, 0.3) is 0 Å². The van der Waals surface area contributed by atoms with Crippen molar-refractivity contribution in [3.8, 4) is 0 Å². The van der Waals surface area contributed by atoms with Crippen LogP contribution in [0.25, 0.3) is 0 Å². The third-order valence-electron chi connectivity index (χ3n) is 0.730. The van der Waals surface area contributed by atoms with Crippen molar-refractivity contribution in [3.63, 3.8) is 0 Å². The summed E-state index contributed by atoms with van der Waals surface area (Å²) >= 11 is 0. The number of hydrogen-bond acceptors (Lipinski definition) is 2. The monoisotopic (exact) mass is 117 g/mol. The summed E-state index contributed by atoms with van der Waals surface area (Å²) < 4.78 is 0. The molecule has 0 aliphatic carbocycles. The number of carbonyl (C=O) groups excluding carboxylic acids is 1. The van der Waals surface area contributed by atoms with Crippen LogP contribution in [0, 0.1) is 0 Å². The third kappa shape index (κ3) is 2.58. The third-order valence-corrected chi connectivity index (χ3v) is 0.730. The summed E-state index contributed by atoms with van der Waals surface area (Å²) in [5.41, 5.74) is 0. The number of hydrogen-bond donors (Lipinski definition) is 2. The molecule has 2 N–H and O–H groups in total. The van der Waals surface area contributed by atoms with Gasteiger partial charge in [-0.05, 0) is 13.8 Å². The number of carbonyl (C=O) groups is 1. The molecule has 3 nitrogen and oxygen atoms in total. The lowest BCUT2D eigenvalue weighted by molar-refractivity contribution is -0.128. The number of aliphatic hydroxyl groups excluding tert-OH is 1. The first-order valence-corrected chi connectivity index (χ1v) is 2.64. The molecule has 3 heteroatoms. The summed E-state index contributed by atoms with van der Waals surface area (Å²) in [5.74, 6) is -0.312. The fraction of sp³-hybridized carbons (Fsp3) is 0.800. The summed E-state index contributed by atoms with van der Waals surface area (Å²) in [4.78, 5) is 10.4. The van der Waals surface area contributed by atoms with Crippen molar-refractivity contribution in [2.75, 3.05) is 6.54 Å². The molecule has 0 aliphatic heterocycles. The zero-order valence-corrected chi connectivity index (χ0v) is 5.14. The Bertz CT molecular complexity index is 80.5. The molecular weight excluding hydrogens is 106 g/mol. The van der Waals surface area contributed by atoms with E-state index in [0.717, 1.165) is 0 Å². The van der Waals surface area contributed by atoms with E-state index in [0.29, 0.717) is 6.54 Å². The van der Waals surface area contributed by atoms with Crippen molar-refractivity contribution in [3.05, 3.63) is 0 Å². The minimum Gasteiger partial charge on any atom is -0.384 e. The Balaban J connectivity index is 3.33. The molecule has 0 saturated carbocycles. The Morgan fingerprint density at radius 2 is 2.38 bits per heavy atom. The first-order valence-electron chi connectivity index (χ1n) is 2.64. The summed E-state index contributed by atoms with van der Waals surface area (Å²) in [7, 11) is 0. The van der Waals surface area contributed by atoms with Crippen LogP contribution in [0.4, 0.5) is 0 Å². The van der Waals surface area contributed by atoms with Crippen LogP contribution in [0.2, 0.25) is 0 Å². The molecule has 0 bridgehead atoms. The topological polar surface area (TPSA) is 49.3 Å². The van der Waals surface area contributed by atoms with E-state index in [1.54, 1.807) is 6.92 Å². The van der Waals surface area contributed by atoms with Gasteiger partial charge in [-0.3, -0.25) is 4.79 Å². The van der Waals surface area contributed by atoms with Crippen molar-refractivity contribution in [1.29, 1.82) is 0 Å². The Hall–Kier alpha value is -0.570. The maximum Gasteiger partial charge on any atom is 0.248 e. The summed E-state index contributed by atoms with van der Waals surface area (Å²) in [5, 5.41) is 11.0. The van der Waals surface area contributed by atoms with Crippen LogP contribution in [-0.4, -0.2) is 23.7 Å². The van der Waals surface area contributed by atoms with E-state index >= 15 is 0 Å². The van der Waals surface area contributed by atoms with Gasteiger partial charge in [0, 0.05) is 6.54 Å². The van der Waals surface area contributed by atoms with E-state index in [-0.39, 0.29) is 5.91 Å². The highest BCUT2D eigenvalue weighted by atomic mass is 16.3. The highest BCUT2D eigenvalue weighted by Gasteiger charge is 2.04. The summed E-state index contributed by atoms with van der Waals surface area (Å²) in [6.45, 7) is 3.81. The second-order valence-corrected chi connectivity index (χ2v) is 1.57. The lowest BCUT2D eigenvalue weighted by atomic mass is 10.4. The van der Waals surface area contributed by atoms with Crippen LogP contribution in [-0.2, 0) is 4.79 Å². The highest BCUT2D eigenvalue weighted by molar-refractivity contribution is 5.79. The first kappa shape index (κ1) is 7.43. The average Bonchev–Trinajstić information content (AvgIpc) is 1.67. The van der Waals surface area contributed by atoms with Gasteiger partial charge < -0.3 is 10.4 Å². The zero-order chi connectivity index (χ0) is 6.57. The van der Waals surface area contributed by atoms with Gasteiger partial charge in [-0.2, -0.15) is 0 Å². The number of aliphatic hydroxyl groups is 1. The SMILES string of the molecule is CCNC(=O)C(C)O. The van der Waals surface area contributed by atoms with E-state index < -0.39 is 6.10 Å². The number of amides is 1. The van der Waals surface area contributed by atoms with Crippen molar-refractivity contribution in [1.82, 2.24) is 5.32 Å². The highest BCUT2D eigenvalue weighted by Crippen LogP contribution is 1.76. The summed E-state index contributed by atoms with van der Waals surface area (Å²) in [6.07, 6.45) is -0.880. The van der Waals surface area contributed by atoms with Crippen molar-refractivity contribution in [2.24, 2.45) is 0 Å². The number of nitrogens with one attached hydrogen (secondary N) is 1. The maximum absolute atomic E-state index is 10.4. The Morgan fingerprint density at radius 3 is 2.50 bits per heavy atom. The van der Waals surface area contributed by atoms with Gasteiger partial charge in [-0.25, -0.2) is 0 Å². The van der Waals surface area contributed by atoms with Gasteiger partial charge in [-0.1, -0.05) is 0 Å². The number of likely N-dealkylation sites (N-methyl/N-ethyl adjacent to an activating group) is 1. The van der Waals surface area contributed by atoms with Gasteiger partial charge in [0.15, 0.2) is 0 Å². The molecule has 1 amide bonds. The van der Waals surface area contributed by atoms with E-state index in [9.17, 15) is 4.79 Å². The molecule has 48 valence electrons. The normalized spacial score (nSPS) is 12.9. The first-order chi connectivity index (χ1) is 3.68. The zero-order valence-electron chi connectivity index (χ0n) is 5.14. The molecule has 0 radical (unpaired) electrons. The minimum absolute atomic E-state index is 0.312. The fourth-order valence-electron chi connectivity index (χ4n) is 0.322. The molecule has 0 aromatic rings. The predicted octanol–water partition coefficient (Wildman–Crippen LogP) is -0.497. The van der Waals surface area contributed by atoms with Gasteiger partial charge >= 0.3 is 0 Å². The smallest absolute Gasteiger partial charge is 0.248 e. The number of rotatable bonds is 2. The lowest BCUT2D eigenvalue weighted by Crippen LogP contribution is -2.31. The lowest BCUT2D eigenvalue weighted by Gasteiger charge is -2.01. The second kappa shape index (κ2) is 3.43. The Kier molecular flexibility index (Phi) is 3.19. The van der Waals surface area contributed by atoms with E-state index in [1.165, 1.54) is 6.92 Å². The van der Waals surface area contributed by atoms with E-state index in [1.807, 2.05) is 0 Å². The molecule has 0 aromatic heterocycles. The molecule has 0 spiro atoms. The van der Waals surface area contributed by atoms with Crippen LogP contribution in [0.15, 0.2) is 0 Å².